The van der Waals surface area contributed by atoms with E-state index in [1.807, 2.05) is 20.8 Å². The summed E-state index contributed by atoms with van der Waals surface area (Å²) in [5, 5.41) is 9.69. The lowest BCUT2D eigenvalue weighted by Crippen LogP contribution is -2.57. The normalized spacial score (nSPS) is 24.8. The van der Waals surface area contributed by atoms with E-state index in [-0.39, 0.29) is 12.7 Å². The van der Waals surface area contributed by atoms with E-state index in [1.54, 1.807) is 11.0 Å². The van der Waals surface area contributed by atoms with Crippen molar-refractivity contribution < 1.29 is 14.6 Å². The first kappa shape index (κ1) is 15.0. The Morgan fingerprint density at radius 3 is 2.67 bits per heavy atom. The van der Waals surface area contributed by atoms with Gasteiger partial charge in [0.2, 0.25) is 0 Å². The smallest absolute Gasteiger partial charge is 0.410 e. The number of carbonyl (C=O) groups excluding carboxylic acids is 1. The van der Waals surface area contributed by atoms with Crippen LogP contribution in [0.4, 0.5) is 4.79 Å². The lowest BCUT2D eigenvalue weighted by molar-refractivity contribution is -0.0327. The maximum Gasteiger partial charge on any atom is 0.410 e. The van der Waals surface area contributed by atoms with Crippen LogP contribution in [0.5, 0.6) is 0 Å². The summed E-state index contributed by atoms with van der Waals surface area (Å²) in [6.07, 6.45) is 4.81. The fourth-order valence-corrected chi connectivity index (χ4v) is 2.41. The van der Waals surface area contributed by atoms with Gasteiger partial charge >= 0.3 is 6.09 Å². The van der Waals surface area contributed by atoms with Crippen LogP contribution >= 0.6 is 0 Å². The number of likely N-dealkylation sites (tertiary alicyclic amines) is 1. The van der Waals surface area contributed by atoms with Crippen LogP contribution in [0.1, 0.15) is 46.5 Å². The molecular weight excluding hydrogens is 230 g/mol. The molecule has 0 bridgehead atoms. The molecule has 1 amide bonds. The Morgan fingerprint density at radius 1 is 1.50 bits per heavy atom. The van der Waals surface area contributed by atoms with Gasteiger partial charge in [0, 0.05) is 6.54 Å². The van der Waals surface area contributed by atoms with E-state index < -0.39 is 11.1 Å². The van der Waals surface area contributed by atoms with Crippen LogP contribution in [-0.2, 0) is 4.74 Å². The standard InChI is InChI=1S/C14H25NO3/c1-5-8-14(11-16)9-6-7-10-15(14)12(17)18-13(2,3)4/h5,16H,1,6-11H2,2-4H3. The second kappa shape index (κ2) is 5.74. The second-order valence-electron chi connectivity index (χ2n) is 5.96. The van der Waals surface area contributed by atoms with E-state index in [9.17, 15) is 9.90 Å². The Hall–Kier alpha value is -1.03. The quantitative estimate of drug-likeness (QED) is 0.789. The van der Waals surface area contributed by atoms with Crippen molar-refractivity contribution in [1.82, 2.24) is 4.90 Å². The average Bonchev–Trinajstić information content (AvgIpc) is 2.27. The van der Waals surface area contributed by atoms with Crippen molar-refractivity contribution in [3.63, 3.8) is 0 Å². The molecular formula is C14H25NO3. The molecule has 1 unspecified atom stereocenters. The number of hydrogen-bond donors (Lipinski definition) is 1. The van der Waals surface area contributed by atoms with E-state index in [1.165, 1.54) is 0 Å². The van der Waals surface area contributed by atoms with Crippen molar-refractivity contribution >= 4 is 6.09 Å². The van der Waals surface area contributed by atoms with Crippen LogP contribution in [0.2, 0.25) is 0 Å². The molecule has 1 atom stereocenters. The minimum atomic E-state index is -0.525. The van der Waals surface area contributed by atoms with Crippen LogP contribution in [0.25, 0.3) is 0 Å². The zero-order chi connectivity index (χ0) is 13.8. The molecule has 1 rings (SSSR count). The van der Waals surface area contributed by atoms with E-state index in [0.29, 0.717) is 13.0 Å². The van der Waals surface area contributed by atoms with Gasteiger partial charge in [-0.15, -0.1) is 6.58 Å². The number of aliphatic hydroxyl groups is 1. The van der Waals surface area contributed by atoms with Crippen molar-refractivity contribution in [3.8, 4) is 0 Å². The van der Waals surface area contributed by atoms with Gasteiger partial charge in [-0.25, -0.2) is 4.79 Å². The number of amides is 1. The highest BCUT2D eigenvalue weighted by Gasteiger charge is 2.41. The Labute approximate surface area is 110 Å². The molecule has 1 aliphatic heterocycles. The fourth-order valence-electron chi connectivity index (χ4n) is 2.41. The summed E-state index contributed by atoms with van der Waals surface area (Å²) < 4.78 is 5.42. The summed E-state index contributed by atoms with van der Waals surface area (Å²) >= 11 is 0. The van der Waals surface area contributed by atoms with Gasteiger partial charge in [-0.05, 0) is 46.5 Å². The van der Waals surface area contributed by atoms with Crippen LogP contribution < -0.4 is 0 Å². The predicted molar refractivity (Wildman–Crippen MR) is 71.4 cm³/mol. The Bertz CT molecular complexity index is 309. The van der Waals surface area contributed by atoms with Gasteiger partial charge in [0.1, 0.15) is 5.60 Å². The minimum absolute atomic E-state index is 0.0434. The molecule has 1 fully saturated rings. The maximum atomic E-state index is 12.2. The third-order valence-electron chi connectivity index (χ3n) is 3.28. The largest absolute Gasteiger partial charge is 0.444 e. The van der Waals surface area contributed by atoms with Crippen LogP contribution in [-0.4, -0.2) is 40.4 Å². The zero-order valence-electron chi connectivity index (χ0n) is 11.7. The van der Waals surface area contributed by atoms with Gasteiger partial charge in [0.25, 0.3) is 0 Å². The molecule has 1 saturated heterocycles. The first-order chi connectivity index (χ1) is 8.34. The van der Waals surface area contributed by atoms with E-state index in [2.05, 4.69) is 6.58 Å². The molecule has 0 aromatic carbocycles. The second-order valence-corrected chi connectivity index (χ2v) is 5.96. The molecule has 1 aliphatic rings. The van der Waals surface area contributed by atoms with E-state index >= 15 is 0 Å². The summed E-state index contributed by atoms with van der Waals surface area (Å²) in [7, 11) is 0. The summed E-state index contributed by atoms with van der Waals surface area (Å²) in [4.78, 5) is 13.9. The molecule has 0 spiro atoms. The van der Waals surface area contributed by atoms with Crippen molar-refractivity contribution in [2.24, 2.45) is 0 Å². The number of carbonyl (C=O) groups is 1. The first-order valence-electron chi connectivity index (χ1n) is 6.57. The molecule has 0 aliphatic carbocycles. The van der Waals surface area contributed by atoms with E-state index in [0.717, 1.165) is 19.3 Å². The highest BCUT2D eigenvalue weighted by molar-refractivity contribution is 5.69. The Balaban J connectivity index is 2.87. The molecule has 0 radical (unpaired) electrons. The van der Waals surface area contributed by atoms with Crippen molar-refractivity contribution in [2.75, 3.05) is 13.2 Å². The number of piperidine rings is 1. The SMILES string of the molecule is C=CCC1(CO)CCCCN1C(=O)OC(C)(C)C. The lowest BCUT2D eigenvalue weighted by Gasteiger charge is -2.45. The predicted octanol–water partition coefficient (Wildman–Crippen LogP) is 2.71. The highest BCUT2D eigenvalue weighted by atomic mass is 16.6. The molecule has 4 nitrogen and oxygen atoms in total. The minimum Gasteiger partial charge on any atom is -0.444 e. The Kier molecular flexibility index (Phi) is 4.79. The maximum absolute atomic E-state index is 12.2. The molecule has 0 aromatic rings. The third-order valence-corrected chi connectivity index (χ3v) is 3.28. The van der Waals surface area contributed by atoms with E-state index in [4.69, 9.17) is 4.74 Å². The summed E-state index contributed by atoms with van der Waals surface area (Å²) in [5.74, 6) is 0. The number of ether oxygens (including phenoxy) is 1. The molecule has 1 N–H and O–H groups in total. The molecule has 104 valence electrons. The van der Waals surface area contributed by atoms with Crippen molar-refractivity contribution in [1.29, 1.82) is 0 Å². The number of aliphatic hydroxyl groups excluding tert-OH is 1. The molecule has 18 heavy (non-hydrogen) atoms. The van der Waals surface area contributed by atoms with Gasteiger partial charge in [0.05, 0.1) is 12.1 Å². The van der Waals surface area contributed by atoms with Crippen molar-refractivity contribution in [3.05, 3.63) is 12.7 Å². The van der Waals surface area contributed by atoms with Crippen LogP contribution in [0.3, 0.4) is 0 Å². The fraction of sp³-hybridized carbons (Fsp3) is 0.786. The van der Waals surface area contributed by atoms with Crippen LogP contribution in [0.15, 0.2) is 12.7 Å². The first-order valence-corrected chi connectivity index (χ1v) is 6.57. The topological polar surface area (TPSA) is 49.8 Å². The molecule has 4 heteroatoms. The van der Waals surface area contributed by atoms with Gasteiger partial charge < -0.3 is 9.84 Å². The lowest BCUT2D eigenvalue weighted by atomic mass is 9.84. The number of nitrogens with zero attached hydrogens (tertiary/aromatic N) is 1. The van der Waals surface area contributed by atoms with Gasteiger partial charge in [-0.2, -0.15) is 0 Å². The summed E-state index contributed by atoms with van der Waals surface area (Å²) in [6.45, 7) is 9.88. The van der Waals surface area contributed by atoms with Crippen molar-refractivity contribution in [2.45, 2.75) is 57.6 Å². The third kappa shape index (κ3) is 3.48. The summed E-state index contributed by atoms with van der Waals surface area (Å²) in [6, 6.07) is 0. The average molecular weight is 255 g/mol. The van der Waals surface area contributed by atoms with Gasteiger partial charge in [-0.1, -0.05) is 6.08 Å². The number of rotatable bonds is 3. The van der Waals surface area contributed by atoms with Crippen LogP contribution in [0, 0.1) is 0 Å². The molecule has 1 heterocycles. The molecule has 0 saturated carbocycles. The summed E-state index contributed by atoms with van der Waals surface area (Å²) in [5.41, 5.74) is -1.04. The monoisotopic (exact) mass is 255 g/mol. The molecule has 0 aromatic heterocycles. The van der Waals surface area contributed by atoms with Gasteiger partial charge in [-0.3, -0.25) is 4.90 Å². The highest BCUT2D eigenvalue weighted by Crippen LogP contribution is 2.32. The zero-order valence-corrected chi connectivity index (χ0v) is 11.7. The van der Waals surface area contributed by atoms with Gasteiger partial charge in [0.15, 0.2) is 0 Å². The number of hydrogen-bond acceptors (Lipinski definition) is 3. The Morgan fingerprint density at radius 2 is 2.17 bits per heavy atom.